The number of aromatic nitrogens is 3. The molecule has 11 nitrogen and oxygen atoms in total. The maximum absolute atomic E-state index is 14.1. The molecule has 4 heterocycles. The lowest BCUT2D eigenvalue weighted by atomic mass is 9.85. The van der Waals surface area contributed by atoms with Crippen molar-refractivity contribution in [3.63, 3.8) is 0 Å². The number of morpholine rings is 1. The van der Waals surface area contributed by atoms with Crippen molar-refractivity contribution in [1.29, 1.82) is 0 Å². The zero-order chi connectivity index (χ0) is 25.4. The smallest absolute Gasteiger partial charge is 0.253 e. The second-order valence-corrected chi connectivity index (χ2v) is 9.79. The fourth-order valence-electron chi connectivity index (χ4n) is 5.79. The van der Waals surface area contributed by atoms with Crippen molar-refractivity contribution in [2.75, 3.05) is 44.4 Å². The molecule has 3 saturated heterocycles. The highest BCUT2D eigenvalue weighted by atomic mass is 16.5. The van der Waals surface area contributed by atoms with Gasteiger partial charge in [-0.05, 0) is 43.2 Å². The first kappa shape index (κ1) is 23.6. The molecule has 0 bridgehead atoms. The van der Waals surface area contributed by atoms with Crippen molar-refractivity contribution in [3.8, 4) is 0 Å². The summed E-state index contributed by atoms with van der Waals surface area (Å²) in [4.78, 5) is 45.2. The van der Waals surface area contributed by atoms with Gasteiger partial charge in [0.15, 0.2) is 0 Å². The van der Waals surface area contributed by atoms with Crippen molar-refractivity contribution in [1.82, 2.24) is 30.5 Å². The van der Waals surface area contributed by atoms with Crippen LogP contribution in [0.4, 0.5) is 5.69 Å². The topological polar surface area (TPSA) is 124 Å². The number of amides is 2. The maximum Gasteiger partial charge on any atom is 0.253 e. The monoisotopic (exact) mass is 503 g/mol. The average molecular weight is 504 g/mol. The Morgan fingerprint density at radius 3 is 2.70 bits per heavy atom. The number of likely N-dealkylation sites (tertiary alicyclic amines) is 1. The summed E-state index contributed by atoms with van der Waals surface area (Å²) < 4.78 is 5.86. The van der Waals surface area contributed by atoms with Gasteiger partial charge in [-0.1, -0.05) is 23.4 Å². The normalized spacial score (nSPS) is 22.5. The number of aromatic amines is 1. The molecule has 3 aliphatic rings. The van der Waals surface area contributed by atoms with Crippen LogP contribution in [0, 0.1) is 0 Å². The zero-order valence-electron chi connectivity index (χ0n) is 20.4. The summed E-state index contributed by atoms with van der Waals surface area (Å²) in [5.41, 5.74) is 2.03. The third kappa shape index (κ3) is 4.04. The molecular formula is C26H29N7O4. The molecule has 2 aromatic carbocycles. The second-order valence-electron chi connectivity index (χ2n) is 9.79. The van der Waals surface area contributed by atoms with Crippen LogP contribution in [0.5, 0.6) is 0 Å². The number of carbonyl (C=O) groups is 3. The molecular weight excluding hydrogens is 474 g/mol. The first-order chi connectivity index (χ1) is 18.1. The van der Waals surface area contributed by atoms with Crippen molar-refractivity contribution in [2.24, 2.45) is 0 Å². The van der Waals surface area contributed by atoms with E-state index in [9.17, 15) is 14.4 Å². The van der Waals surface area contributed by atoms with Crippen LogP contribution in [0.2, 0.25) is 0 Å². The van der Waals surface area contributed by atoms with E-state index in [1.165, 1.54) is 0 Å². The predicted octanol–water partition coefficient (Wildman–Crippen LogP) is 0.795. The summed E-state index contributed by atoms with van der Waals surface area (Å²) in [6.45, 7) is 2.88. The number of ether oxygens (including phenoxy) is 1. The number of H-pyrrole nitrogens is 1. The van der Waals surface area contributed by atoms with E-state index >= 15 is 0 Å². The van der Waals surface area contributed by atoms with Gasteiger partial charge < -0.3 is 29.5 Å². The van der Waals surface area contributed by atoms with E-state index in [1.54, 1.807) is 28.0 Å². The number of rotatable bonds is 5. The van der Waals surface area contributed by atoms with E-state index in [2.05, 4.69) is 25.6 Å². The number of piperidine rings is 1. The Labute approximate surface area is 213 Å². The molecule has 2 unspecified atom stereocenters. The molecule has 0 aliphatic carbocycles. The van der Waals surface area contributed by atoms with Gasteiger partial charge in [0.25, 0.3) is 11.8 Å². The lowest BCUT2D eigenvalue weighted by Gasteiger charge is -2.43. The number of hydrogen-bond acceptors (Lipinski definition) is 8. The van der Waals surface area contributed by atoms with Gasteiger partial charge in [0, 0.05) is 37.4 Å². The van der Waals surface area contributed by atoms with Crippen LogP contribution in [0.25, 0.3) is 11.0 Å². The lowest BCUT2D eigenvalue weighted by Crippen LogP contribution is -2.58. The third-order valence-electron chi connectivity index (χ3n) is 7.82. The van der Waals surface area contributed by atoms with E-state index in [4.69, 9.17) is 4.74 Å². The zero-order valence-corrected chi connectivity index (χ0v) is 20.4. The number of hydrogen-bond donors (Lipinski definition) is 2. The molecule has 2 atom stereocenters. The van der Waals surface area contributed by atoms with Crippen molar-refractivity contribution < 1.29 is 19.1 Å². The van der Waals surface area contributed by atoms with Gasteiger partial charge in [-0.25, -0.2) is 0 Å². The fraction of sp³-hybridized carbons (Fsp3) is 0.423. The number of nitrogens with zero attached hydrogens (tertiary/aromatic N) is 5. The molecule has 3 aromatic rings. The van der Waals surface area contributed by atoms with E-state index in [-0.39, 0.29) is 11.8 Å². The van der Waals surface area contributed by atoms with Crippen LogP contribution in [0.15, 0.2) is 48.5 Å². The van der Waals surface area contributed by atoms with E-state index in [1.807, 2.05) is 30.3 Å². The minimum Gasteiger partial charge on any atom is -0.373 e. The number of aldehydes is 1. The van der Waals surface area contributed by atoms with Crippen molar-refractivity contribution in [2.45, 2.75) is 30.5 Å². The number of nitrogens with one attached hydrogen (secondary N) is 2. The molecule has 1 spiro atoms. The highest BCUT2D eigenvalue weighted by Crippen LogP contribution is 2.40. The molecule has 2 N–H and O–H groups in total. The number of anilines is 1. The number of para-hydroxylation sites is 1. The van der Waals surface area contributed by atoms with Crippen molar-refractivity contribution in [3.05, 3.63) is 54.1 Å². The Morgan fingerprint density at radius 1 is 1.16 bits per heavy atom. The number of fused-ring (bicyclic) bond motifs is 1. The second kappa shape index (κ2) is 9.56. The van der Waals surface area contributed by atoms with Crippen LogP contribution < -0.4 is 10.2 Å². The van der Waals surface area contributed by atoms with Gasteiger partial charge in [0.2, 0.25) is 0 Å². The molecule has 0 saturated carbocycles. The van der Waals surface area contributed by atoms with Crippen molar-refractivity contribution >= 4 is 34.8 Å². The molecule has 3 aliphatic heterocycles. The largest absolute Gasteiger partial charge is 0.373 e. The number of benzene rings is 2. The fourth-order valence-corrected chi connectivity index (χ4v) is 5.79. The van der Waals surface area contributed by atoms with E-state index in [0.29, 0.717) is 56.8 Å². The SMILES string of the molecule is O=CC(C1CNCCO1)N1CN(c2ccccc2)C2(CCN(C(=O)c3ccc4[nH]nnc4c3)CC2)C1=O. The molecule has 6 rings (SSSR count). The summed E-state index contributed by atoms with van der Waals surface area (Å²) in [5.74, 6) is -0.181. The highest BCUT2D eigenvalue weighted by Gasteiger charge is 2.56. The molecule has 2 amide bonds. The minimum absolute atomic E-state index is 0.0845. The minimum atomic E-state index is -0.836. The molecule has 192 valence electrons. The Hall–Kier alpha value is -3.83. The predicted molar refractivity (Wildman–Crippen MR) is 135 cm³/mol. The lowest BCUT2D eigenvalue weighted by molar-refractivity contribution is -0.142. The van der Waals surface area contributed by atoms with Crippen LogP contribution >= 0.6 is 0 Å². The van der Waals surface area contributed by atoms with Gasteiger partial charge >= 0.3 is 0 Å². The van der Waals surface area contributed by atoms with E-state index < -0.39 is 17.7 Å². The summed E-state index contributed by atoms with van der Waals surface area (Å²) >= 11 is 0. The summed E-state index contributed by atoms with van der Waals surface area (Å²) in [6.07, 6.45) is 1.36. The Kier molecular flexibility index (Phi) is 6.09. The molecule has 1 aromatic heterocycles. The highest BCUT2D eigenvalue weighted by molar-refractivity contribution is 5.98. The van der Waals surface area contributed by atoms with Crippen LogP contribution in [0.3, 0.4) is 0 Å². The van der Waals surface area contributed by atoms with Gasteiger partial charge in [-0.3, -0.25) is 14.7 Å². The Bertz CT molecular complexity index is 1300. The van der Waals surface area contributed by atoms with Crippen LogP contribution in [-0.2, 0) is 14.3 Å². The van der Waals surface area contributed by atoms with Gasteiger partial charge in [-0.2, -0.15) is 0 Å². The number of carbonyl (C=O) groups excluding carboxylic acids is 3. The summed E-state index contributed by atoms with van der Waals surface area (Å²) in [5, 5.41) is 13.8. The quantitative estimate of drug-likeness (QED) is 0.490. The van der Waals surface area contributed by atoms with Gasteiger partial charge in [0.05, 0.1) is 24.9 Å². The summed E-state index contributed by atoms with van der Waals surface area (Å²) in [7, 11) is 0. The van der Waals surface area contributed by atoms with Gasteiger partial charge in [-0.15, -0.1) is 5.10 Å². The molecule has 11 heteroatoms. The standard InChI is InChI=1S/C26H29N7O4/c34-16-22(23-15-27-10-13-37-23)32-17-33(19-4-2-1-3-5-19)26(25(32)36)8-11-31(12-9-26)24(35)18-6-7-20-21(14-18)29-30-28-20/h1-7,14,16,22-23,27H,8-13,15,17H2,(H,28,29,30). The average Bonchev–Trinajstić information content (AvgIpc) is 3.53. The first-order valence-electron chi connectivity index (χ1n) is 12.6. The third-order valence-corrected chi connectivity index (χ3v) is 7.82. The van der Waals surface area contributed by atoms with Gasteiger partial charge in [0.1, 0.15) is 23.4 Å². The Balaban J connectivity index is 1.26. The van der Waals surface area contributed by atoms with E-state index in [0.717, 1.165) is 24.0 Å². The van der Waals surface area contributed by atoms with Crippen LogP contribution in [-0.4, -0.2) is 100 Å². The first-order valence-corrected chi connectivity index (χ1v) is 12.6. The molecule has 0 radical (unpaired) electrons. The van der Waals surface area contributed by atoms with Crippen LogP contribution in [0.1, 0.15) is 23.2 Å². The Morgan fingerprint density at radius 2 is 1.97 bits per heavy atom. The maximum atomic E-state index is 14.1. The molecule has 37 heavy (non-hydrogen) atoms. The molecule has 3 fully saturated rings. The summed E-state index contributed by atoms with van der Waals surface area (Å²) in [6, 6.07) is 14.4.